The van der Waals surface area contributed by atoms with E-state index in [2.05, 4.69) is 46.4 Å². The molecule has 0 aliphatic heterocycles. The molecule has 0 saturated heterocycles. The lowest BCUT2D eigenvalue weighted by molar-refractivity contribution is 0.524. The first-order valence-electron chi connectivity index (χ1n) is 7.72. The molecule has 2 atom stereocenters. The standard InChI is InChI=1S/C19H31Cl/c1-8-15(6)13-18(10-3)17(9-2)11-12-19(20)16(7)14(4)5/h10-12,15,17H,4,8-9,13H2,1-3,5-7H3/b12-11-,18-10-,19-16-/t15-,17?/m0/s1. The number of hydrogen-bond donors (Lipinski definition) is 0. The van der Waals surface area contributed by atoms with Gasteiger partial charge in [0.1, 0.15) is 0 Å². The molecular weight excluding hydrogens is 264 g/mol. The van der Waals surface area contributed by atoms with Gasteiger partial charge in [-0.05, 0) is 57.1 Å². The molecule has 0 heterocycles. The van der Waals surface area contributed by atoms with Crippen LogP contribution < -0.4 is 0 Å². The molecule has 0 aromatic rings. The van der Waals surface area contributed by atoms with Crippen LogP contribution in [0.5, 0.6) is 0 Å². The first-order valence-corrected chi connectivity index (χ1v) is 8.10. The van der Waals surface area contributed by atoms with Crippen LogP contribution in [0.3, 0.4) is 0 Å². The average molecular weight is 295 g/mol. The SMILES string of the molecule is C=C(C)/C(C)=C(Cl)/C=C\C(CC)/C(=C\C)C[C@@H](C)CC. The molecule has 0 aliphatic rings. The van der Waals surface area contributed by atoms with Crippen molar-refractivity contribution in [2.75, 3.05) is 0 Å². The Balaban J connectivity index is 5.01. The van der Waals surface area contributed by atoms with Crippen LogP contribution in [0.1, 0.15) is 60.8 Å². The van der Waals surface area contributed by atoms with Gasteiger partial charge < -0.3 is 0 Å². The molecular formula is C19H31Cl. The van der Waals surface area contributed by atoms with Crippen LogP contribution in [-0.2, 0) is 0 Å². The van der Waals surface area contributed by atoms with E-state index in [0.29, 0.717) is 5.92 Å². The summed E-state index contributed by atoms with van der Waals surface area (Å²) in [6, 6.07) is 0. The smallest absolute Gasteiger partial charge is 0.0434 e. The van der Waals surface area contributed by atoms with Crippen molar-refractivity contribution in [1.29, 1.82) is 0 Å². The van der Waals surface area contributed by atoms with Crippen molar-refractivity contribution >= 4 is 11.6 Å². The van der Waals surface area contributed by atoms with Gasteiger partial charge >= 0.3 is 0 Å². The molecule has 0 radical (unpaired) electrons. The van der Waals surface area contributed by atoms with Gasteiger partial charge in [-0.25, -0.2) is 0 Å². The Labute approximate surface area is 131 Å². The summed E-state index contributed by atoms with van der Waals surface area (Å²) in [5, 5.41) is 0.801. The molecule has 0 aromatic carbocycles. The zero-order chi connectivity index (χ0) is 15.7. The van der Waals surface area contributed by atoms with Crippen molar-refractivity contribution in [2.24, 2.45) is 11.8 Å². The van der Waals surface area contributed by atoms with Crippen molar-refractivity contribution in [3.05, 3.63) is 46.6 Å². The Morgan fingerprint density at radius 2 is 1.80 bits per heavy atom. The first-order chi connectivity index (χ1) is 9.37. The quantitative estimate of drug-likeness (QED) is 0.332. The van der Waals surface area contributed by atoms with Crippen LogP contribution >= 0.6 is 11.6 Å². The normalized spacial score (nSPS) is 17.1. The largest absolute Gasteiger partial charge is 0.0958 e. The zero-order valence-electron chi connectivity index (χ0n) is 14.1. The molecule has 0 saturated carbocycles. The second kappa shape index (κ2) is 10.0. The molecule has 0 nitrogen and oxygen atoms in total. The fourth-order valence-electron chi connectivity index (χ4n) is 2.08. The van der Waals surface area contributed by atoms with Gasteiger partial charge in [0.25, 0.3) is 0 Å². The highest BCUT2D eigenvalue weighted by Crippen LogP contribution is 2.26. The number of allylic oxidation sites excluding steroid dienone is 7. The minimum absolute atomic E-state index is 0.487. The fraction of sp³-hybridized carbons (Fsp3) is 0.579. The Morgan fingerprint density at radius 3 is 2.20 bits per heavy atom. The Bertz CT molecular complexity index is 396. The molecule has 0 bridgehead atoms. The third kappa shape index (κ3) is 6.61. The summed E-state index contributed by atoms with van der Waals surface area (Å²) >= 11 is 6.32. The highest BCUT2D eigenvalue weighted by atomic mass is 35.5. The van der Waals surface area contributed by atoms with Gasteiger partial charge in [-0.2, -0.15) is 0 Å². The van der Waals surface area contributed by atoms with Crippen molar-refractivity contribution in [3.8, 4) is 0 Å². The number of hydrogen-bond acceptors (Lipinski definition) is 0. The number of halogens is 1. The van der Waals surface area contributed by atoms with E-state index in [1.807, 2.05) is 19.9 Å². The summed E-state index contributed by atoms with van der Waals surface area (Å²) in [5.41, 5.74) is 3.62. The monoisotopic (exact) mass is 294 g/mol. The summed E-state index contributed by atoms with van der Waals surface area (Å²) in [4.78, 5) is 0. The van der Waals surface area contributed by atoms with Crippen LogP contribution in [0, 0.1) is 11.8 Å². The second-order valence-corrected chi connectivity index (χ2v) is 6.12. The third-order valence-corrected chi connectivity index (χ3v) is 4.45. The maximum Gasteiger partial charge on any atom is 0.0434 e. The fourth-order valence-corrected chi connectivity index (χ4v) is 2.32. The molecule has 0 spiro atoms. The van der Waals surface area contributed by atoms with Crippen LogP contribution in [-0.4, -0.2) is 0 Å². The van der Waals surface area contributed by atoms with Gasteiger partial charge in [-0.15, -0.1) is 0 Å². The first kappa shape index (κ1) is 19.2. The second-order valence-electron chi connectivity index (χ2n) is 5.71. The molecule has 0 rings (SSSR count). The van der Waals surface area contributed by atoms with Gasteiger partial charge in [0.05, 0.1) is 0 Å². The van der Waals surface area contributed by atoms with E-state index in [1.54, 1.807) is 0 Å². The summed E-state index contributed by atoms with van der Waals surface area (Å²) in [7, 11) is 0. The van der Waals surface area contributed by atoms with Crippen molar-refractivity contribution in [3.63, 3.8) is 0 Å². The Morgan fingerprint density at radius 1 is 1.20 bits per heavy atom. The predicted octanol–water partition coefficient (Wildman–Crippen LogP) is 7.04. The summed E-state index contributed by atoms with van der Waals surface area (Å²) in [6.45, 7) is 16.9. The van der Waals surface area contributed by atoms with E-state index in [0.717, 1.165) is 28.5 Å². The van der Waals surface area contributed by atoms with Gasteiger partial charge in [0.15, 0.2) is 0 Å². The summed E-state index contributed by atoms with van der Waals surface area (Å²) in [6.07, 6.45) is 10.1. The Hall–Kier alpha value is -0.750. The lowest BCUT2D eigenvalue weighted by atomic mass is 9.87. The molecule has 114 valence electrons. The van der Waals surface area contributed by atoms with Crippen LogP contribution in [0.4, 0.5) is 0 Å². The maximum absolute atomic E-state index is 6.32. The van der Waals surface area contributed by atoms with Gasteiger partial charge in [0.2, 0.25) is 0 Å². The minimum Gasteiger partial charge on any atom is -0.0958 e. The van der Waals surface area contributed by atoms with Crippen molar-refractivity contribution < 1.29 is 0 Å². The van der Waals surface area contributed by atoms with E-state index >= 15 is 0 Å². The average Bonchev–Trinajstić information content (AvgIpc) is 2.44. The van der Waals surface area contributed by atoms with Crippen LogP contribution in [0.25, 0.3) is 0 Å². The van der Waals surface area contributed by atoms with E-state index in [9.17, 15) is 0 Å². The van der Waals surface area contributed by atoms with Crippen molar-refractivity contribution in [1.82, 2.24) is 0 Å². The minimum atomic E-state index is 0.487. The molecule has 1 unspecified atom stereocenters. The zero-order valence-corrected chi connectivity index (χ0v) is 14.8. The molecule has 0 N–H and O–H groups in total. The molecule has 0 fully saturated rings. The maximum atomic E-state index is 6.32. The lowest BCUT2D eigenvalue weighted by Crippen LogP contribution is -2.04. The highest BCUT2D eigenvalue weighted by Gasteiger charge is 2.11. The Kier molecular flexibility index (Phi) is 9.67. The molecule has 0 amide bonds. The highest BCUT2D eigenvalue weighted by molar-refractivity contribution is 6.31. The summed E-state index contributed by atoms with van der Waals surface area (Å²) < 4.78 is 0. The molecule has 20 heavy (non-hydrogen) atoms. The van der Waals surface area contributed by atoms with E-state index in [1.165, 1.54) is 18.4 Å². The van der Waals surface area contributed by atoms with E-state index < -0.39 is 0 Å². The van der Waals surface area contributed by atoms with Crippen LogP contribution in [0.15, 0.2) is 46.6 Å². The van der Waals surface area contributed by atoms with E-state index in [-0.39, 0.29) is 0 Å². The number of rotatable bonds is 8. The van der Waals surface area contributed by atoms with Crippen molar-refractivity contribution in [2.45, 2.75) is 60.8 Å². The summed E-state index contributed by atoms with van der Waals surface area (Å²) in [5.74, 6) is 1.23. The molecule has 0 aromatic heterocycles. The van der Waals surface area contributed by atoms with Gasteiger partial charge in [0, 0.05) is 5.03 Å². The topological polar surface area (TPSA) is 0 Å². The predicted molar refractivity (Wildman–Crippen MR) is 94.1 cm³/mol. The van der Waals surface area contributed by atoms with Gasteiger partial charge in [-0.1, -0.05) is 68.7 Å². The third-order valence-electron chi connectivity index (χ3n) is 4.04. The van der Waals surface area contributed by atoms with Crippen LogP contribution in [0.2, 0.25) is 0 Å². The molecule has 1 heteroatoms. The lowest BCUT2D eigenvalue weighted by Gasteiger charge is -2.18. The molecule has 0 aliphatic carbocycles. The van der Waals surface area contributed by atoms with Gasteiger partial charge in [-0.3, -0.25) is 0 Å². The van der Waals surface area contributed by atoms with E-state index in [4.69, 9.17) is 11.6 Å².